The molecule has 4 aromatic rings. The Hall–Kier alpha value is -3.25. The van der Waals surface area contributed by atoms with Crippen molar-refractivity contribution in [2.24, 2.45) is 0 Å². The molecule has 2 aliphatic rings. The second kappa shape index (κ2) is 8.20. The Morgan fingerprint density at radius 1 is 1.09 bits per heavy atom. The highest BCUT2D eigenvalue weighted by Gasteiger charge is 2.44. The third kappa shape index (κ3) is 3.40. The number of ether oxygens (including phenoxy) is 1. The van der Waals surface area contributed by atoms with Crippen LogP contribution in [0.3, 0.4) is 0 Å². The maximum absolute atomic E-state index is 15.9. The van der Waals surface area contributed by atoms with Crippen LogP contribution in [0.15, 0.2) is 48.7 Å². The number of aromatic nitrogens is 2. The Balaban J connectivity index is 1.41. The predicted molar refractivity (Wildman–Crippen MR) is 132 cm³/mol. The molecular weight excluding hydrogens is 429 g/mol. The van der Waals surface area contributed by atoms with Crippen molar-refractivity contribution in [3.8, 4) is 22.9 Å². The molecule has 2 fully saturated rings. The number of hydrogen-bond donors (Lipinski definition) is 1. The van der Waals surface area contributed by atoms with E-state index in [0.29, 0.717) is 23.4 Å². The van der Waals surface area contributed by atoms with E-state index in [-0.39, 0.29) is 22.5 Å². The number of nitrogens with zero attached hydrogens (tertiary/aromatic N) is 3. The molecule has 0 amide bonds. The third-order valence-corrected chi connectivity index (χ3v) is 7.63. The van der Waals surface area contributed by atoms with Gasteiger partial charge in [0.2, 0.25) is 5.88 Å². The van der Waals surface area contributed by atoms with E-state index in [0.717, 1.165) is 48.7 Å². The Bertz CT molecular complexity index is 1390. The van der Waals surface area contributed by atoms with Gasteiger partial charge in [-0.15, -0.1) is 0 Å². The first-order valence-corrected chi connectivity index (χ1v) is 12.2. The summed E-state index contributed by atoms with van der Waals surface area (Å²) in [6.07, 6.45) is 7.13. The summed E-state index contributed by atoms with van der Waals surface area (Å²) in [4.78, 5) is 11.5. The quantitative estimate of drug-likeness (QED) is 0.407. The molecule has 1 N–H and O–H groups in total. The number of aromatic hydroxyl groups is 1. The van der Waals surface area contributed by atoms with Crippen molar-refractivity contribution >= 4 is 21.7 Å². The zero-order valence-corrected chi connectivity index (χ0v) is 19.4. The summed E-state index contributed by atoms with van der Waals surface area (Å²) in [5.74, 6) is 0.0213. The number of phenolic OH excluding ortho intramolecular Hbond substituents is 1. The average molecular weight is 458 g/mol. The van der Waals surface area contributed by atoms with Gasteiger partial charge in [-0.25, -0.2) is 9.37 Å². The van der Waals surface area contributed by atoms with E-state index < -0.39 is 5.82 Å². The van der Waals surface area contributed by atoms with Gasteiger partial charge in [-0.2, -0.15) is 0 Å². The van der Waals surface area contributed by atoms with E-state index in [1.165, 1.54) is 12.8 Å². The van der Waals surface area contributed by atoms with Crippen LogP contribution in [-0.4, -0.2) is 45.2 Å². The summed E-state index contributed by atoms with van der Waals surface area (Å²) >= 11 is 0. The molecule has 0 saturated carbocycles. The van der Waals surface area contributed by atoms with Crippen molar-refractivity contribution < 1.29 is 14.2 Å². The van der Waals surface area contributed by atoms with Gasteiger partial charge in [-0.05, 0) is 79.7 Å². The van der Waals surface area contributed by atoms with Gasteiger partial charge < -0.3 is 9.84 Å². The number of hydrogen-bond acceptors (Lipinski definition) is 5. The molecule has 2 aliphatic heterocycles. The second-order valence-electron chi connectivity index (χ2n) is 9.58. The summed E-state index contributed by atoms with van der Waals surface area (Å²) in [5.41, 5.74) is 2.19. The van der Waals surface area contributed by atoms with Crippen LogP contribution in [0.4, 0.5) is 4.39 Å². The number of halogens is 1. The van der Waals surface area contributed by atoms with Crippen molar-refractivity contribution in [1.29, 1.82) is 0 Å². The van der Waals surface area contributed by atoms with Crippen LogP contribution in [-0.2, 0) is 6.42 Å². The number of phenols is 1. The van der Waals surface area contributed by atoms with Gasteiger partial charge >= 0.3 is 0 Å². The summed E-state index contributed by atoms with van der Waals surface area (Å²) in [5, 5.41) is 12.7. The van der Waals surface area contributed by atoms with Crippen molar-refractivity contribution in [1.82, 2.24) is 14.9 Å². The molecule has 0 bridgehead atoms. The van der Waals surface area contributed by atoms with E-state index in [4.69, 9.17) is 4.74 Å². The molecule has 5 nitrogen and oxygen atoms in total. The zero-order chi connectivity index (χ0) is 23.3. The lowest BCUT2D eigenvalue weighted by molar-refractivity contribution is 0.111. The summed E-state index contributed by atoms with van der Waals surface area (Å²) in [7, 11) is 0. The fraction of sp³-hybridized carbons (Fsp3) is 0.357. The minimum atomic E-state index is -0.498. The lowest BCUT2D eigenvalue weighted by atomic mass is 9.95. The summed E-state index contributed by atoms with van der Waals surface area (Å²) in [6.45, 7) is 4.92. The van der Waals surface area contributed by atoms with Crippen LogP contribution in [0.1, 0.15) is 38.2 Å². The second-order valence-corrected chi connectivity index (χ2v) is 9.58. The Morgan fingerprint density at radius 2 is 1.91 bits per heavy atom. The standard InChI is InChI=1S/C28H28FN3O2/c1-2-18-6-3-7-19-14-21(33)15-22(24(18)19)27-25(29)26-20(16-30-27)8-9-23(31-26)34-17-28-10-4-12-32(28)13-5-11-28/h3,6-9,14-16,33H,2,4-5,10-13,17H2,1H3. The normalized spacial score (nSPS) is 17.5. The summed E-state index contributed by atoms with van der Waals surface area (Å²) in [6, 6.07) is 12.8. The van der Waals surface area contributed by atoms with Crippen LogP contribution >= 0.6 is 0 Å². The molecule has 6 heteroatoms. The smallest absolute Gasteiger partial charge is 0.213 e. The van der Waals surface area contributed by atoms with Gasteiger partial charge in [0.15, 0.2) is 5.82 Å². The third-order valence-electron chi connectivity index (χ3n) is 7.63. The lowest BCUT2D eigenvalue weighted by Crippen LogP contribution is -2.43. The largest absolute Gasteiger partial charge is 0.508 e. The van der Waals surface area contributed by atoms with Crippen LogP contribution in [0.2, 0.25) is 0 Å². The molecule has 0 unspecified atom stereocenters. The van der Waals surface area contributed by atoms with Crippen molar-refractivity contribution in [3.63, 3.8) is 0 Å². The van der Waals surface area contributed by atoms with Gasteiger partial charge in [-0.1, -0.05) is 25.1 Å². The van der Waals surface area contributed by atoms with E-state index >= 15 is 4.39 Å². The molecule has 4 heterocycles. The SMILES string of the molecule is CCc1cccc2cc(O)cc(-c3ncc4ccc(OCC56CCCN5CCC6)nc4c3F)c12. The van der Waals surface area contributed by atoms with Crippen LogP contribution in [0.5, 0.6) is 11.6 Å². The molecule has 2 aromatic carbocycles. The zero-order valence-electron chi connectivity index (χ0n) is 19.4. The highest BCUT2D eigenvalue weighted by Crippen LogP contribution is 2.40. The van der Waals surface area contributed by atoms with Crippen molar-refractivity contribution in [2.75, 3.05) is 19.7 Å². The highest BCUT2D eigenvalue weighted by molar-refractivity contribution is 6.00. The maximum Gasteiger partial charge on any atom is 0.213 e. The predicted octanol–water partition coefficient (Wildman–Crippen LogP) is 5.86. The van der Waals surface area contributed by atoms with E-state index in [2.05, 4.69) is 21.8 Å². The minimum Gasteiger partial charge on any atom is -0.508 e. The van der Waals surface area contributed by atoms with Gasteiger partial charge in [0.05, 0.1) is 5.54 Å². The summed E-state index contributed by atoms with van der Waals surface area (Å²) < 4.78 is 22.1. The molecule has 2 aromatic heterocycles. The molecule has 6 rings (SSSR count). The molecule has 34 heavy (non-hydrogen) atoms. The lowest BCUT2D eigenvalue weighted by Gasteiger charge is -2.31. The van der Waals surface area contributed by atoms with E-state index in [1.807, 2.05) is 24.3 Å². The minimum absolute atomic E-state index is 0.0824. The van der Waals surface area contributed by atoms with E-state index in [1.54, 1.807) is 24.4 Å². The van der Waals surface area contributed by atoms with Crippen LogP contribution < -0.4 is 4.74 Å². The van der Waals surface area contributed by atoms with Crippen molar-refractivity contribution in [3.05, 3.63) is 60.0 Å². The molecule has 174 valence electrons. The first-order chi connectivity index (χ1) is 16.6. The Kier molecular flexibility index (Phi) is 5.14. The fourth-order valence-corrected chi connectivity index (χ4v) is 5.94. The molecule has 0 radical (unpaired) electrons. The number of aryl methyl sites for hydroxylation is 1. The van der Waals surface area contributed by atoms with Gasteiger partial charge in [0.1, 0.15) is 23.6 Å². The monoisotopic (exact) mass is 457 g/mol. The molecule has 0 aliphatic carbocycles. The Morgan fingerprint density at radius 3 is 2.71 bits per heavy atom. The Labute approximate surface area is 198 Å². The number of benzene rings is 2. The van der Waals surface area contributed by atoms with E-state index in [9.17, 15) is 5.11 Å². The van der Waals surface area contributed by atoms with Crippen LogP contribution in [0, 0.1) is 5.82 Å². The van der Waals surface area contributed by atoms with Gasteiger partial charge in [-0.3, -0.25) is 9.88 Å². The first-order valence-electron chi connectivity index (χ1n) is 12.2. The number of rotatable bonds is 5. The molecule has 0 spiro atoms. The average Bonchev–Trinajstić information content (AvgIpc) is 3.43. The first kappa shape index (κ1) is 21.3. The van der Waals surface area contributed by atoms with Gasteiger partial charge in [0, 0.05) is 23.2 Å². The number of pyridine rings is 2. The highest BCUT2D eigenvalue weighted by atomic mass is 19.1. The fourth-order valence-electron chi connectivity index (χ4n) is 5.94. The van der Waals surface area contributed by atoms with Crippen LogP contribution in [0.25, 0.3) is 32.9 Å². The number of fused-ring (bicyclic) bond motifs is 3. The van der Waals surface area contributed by atoms with Gasteiger partial charge in [0.25, 0.3) is 0 Å². The molecule has 2 saturated heterocycles. The molecular formula is C28H28FN3O2. The maximum atomic E-state index is 15.9. The topological polar surface area (TPSA) is 58.5 Å². The van der Waals surface area contributed by atoms with Crippen molar-refractivity contribution in [2.45, 2.75) is 44.6 Å². The molecule has 0 atom stereocenters.